The third kappa shape index (κ3) is 4.69. The fraction of sp³-hybridized carbons (Fsp3) is 0.500. The zero-order valence-electron chi connectivity index (χ0n) is 12.0. The Morgan fingerprint density at radius 2 is 2.05 bits per heavy atom. The van der Waals surface area contributed by atoms with Crippen LogP contribution >= 0.6 is 0 Å². The van der Waals surface area contributed by atoms with Gasteiger partial charge in [0.2, 0.25) is 0 Å². The number of hydrogen-bond donors (Lipinski definition) is 2. The molecule has 0 aliphatic carbocycles. The van der Waals surface area contributed by atoms with Gasteiger partial charge in [0.25, 0.3) is 0 Å². The van der Waals surface area contributed by atoms with Gasteiger partial charge in [-0.15, -0.1) is 5.11 Å². The van der Waals surface area contributed by atoms with E-state index in [1.165, 1.54) is 0 Å². The van der Waals surface area contributed by atoms with Crippen molar-refractivity contribution in [2.45, 2.75) is 33.6 Å². The molecule has 0 spiro atoms. The van der Waals surface area contributed by atoms with Gasteiger partial charge in [-0.25, -0.2) is 5.53 Å². The van der Waals surface area contributed by atoms with Crippen LogP contribution < -0.4 is 10.6 Å². The molecular formula is C14H22N4O. The molecule has 0 amide bonds. The summed E-state index contributed by atoms with van der Waals surface area (Å²) >= 11 is 0. The number of rotatable bonds is 4. The quantitative estimate of drug-likeness (QED) is 0.287. The van der Waals surface area contributed by atoms with E-state index in [0.29, 0.717) is 12.3 Å². The molecule has 0 unspecified atom stereocenters. The summed E-state index contributed by atoms with van der Waals surface area (Å²) in [4.78, 5) is 0. The lowest BCUT2D eigenvalue weighted by atomic mass is 9.87. The number of nitrogens with two attached hydrogens (primary N) is 1. The molecule has 5 heteroatoms. The second-order valence-corrected chi connectivity index (χ2v) is 5.72. The summed E-state index contributed by atoms with van der Waals surface area (Å²) < 4.78 is 5.39. The largest absolute Gasteiger partial charge is 0.496 e. The number of amidine groups is 1. The lowest BCUT2D eigenvalue weighted by Crippen LogP contribution is -2.11. The van der Waals surface area contributed by atoms with E-state index in [9.17, 15) is 0 Å². The van der Waals surface area contributed by atoms with E-state index in [2.05, 4.69) is 37.1 Å². The molecule has 0 fully saturated rings. The highest BCUT2D eigenvalue weighted by Gasteiger charge is 2.15. The van der Waals surface area contributed by atoms with Crippen LogP contribution in [0.1, 0.15) is 31.9 Å². The molecule has 1 aromatic carbocycles. The molecule has 0 aliphatic rings. The SMILES string of the molecule is COc1ccc(CC(N=N)=NN)cc1CC(C)(C)C. The lowest BCUT2D eigenvalue weighted by molar-refractivity contribution is 0.378. The first-order valence-corrected chi connectivity index (χ1v) is 6.19. The van der Waals surface area contributed by atoms with E-state index >= 15 is 0 Å². The van der Waals surface area contributed by atoms with Gasteiger partial charge in [0.15, 0.2) is 5.84 Å². The topological polar surface area (TPSA) is 83.8 Å². The van der Waals surface area contributed by atoms with Gasteiger partial charge in [-0.05, 0) is 29.0 Å². The van der Waals surface area contributed by atoms with Gasteiger partial charge in [-0.1, -0.05) is 32.9 Å². The van der Waals surface area contributed by atoms with Gasteiger partial charge in [0.05, 0.1) is 7.11 Å². The first-order valence-electron chi connectivity index (χ1n) is 6.19. The van der Waals surface area contributed by atoms with Crippen molar-refractivity contribution in [1.29, 1.82) is 5.53 Å². The van der Waals surface area contributed by atoms with Gasteiger partial charge >= 0.3 is 0 Å². The number of hydrogen-bond acceptors (Lipinski definition) is 4. The second kappa shape index (κ2) is 6.31. The molecule has 19 heavy (non-hydrogen) atoms. The van der Waals surface area contributed by atoms with E-state index in [1.54, 1.807) is 7.11 Å². The standard InChI is InChI=1S/C14H22N4O/c1-14(2,3)9-11-7-10(5-6-12(11)19-4)8-13(17-15)18-16/h5-7,15H,8-9,16H2,1-4H3. The molecule has 0 atom stereocenters. The Kier molecular flexibility index (Phi) is 5.03. The number of nitrogens with one attached hydrogen (secondary N) is 1. The molecule has 0 aliphatic heterocycles. The van der Waals surface area contributed by atoms with Crippen LogP contribution in [-0.2, 0) is 12.8 Å². The summed E-state index contributed by atoms with van der Waals surface area (Å²) in [6.07, 6.45) is 1.37. The molecule has 1 aromatic rings. The van der Waals surface area contributed by atoms with Crippen molar-refractivity contribution < 1.29 is 4.74 Å². The summed E-state index contributed by atoms with van der Waals surface area (Å²) in [5.74, 6) is 6.37. The average molecular weight is 262 g/mol. The van der Waals surface area contributed by atoms with Crippen molar-refractivity contribution >= 4 is 5.84 Å². The van der Waals surface area contributed by atoms with Crippen molar-refractivity contribution in [3.63, 3.8) is 0 Å². The molecule has 0 radical (unpaired) electrons. The Morgan fingerprint density at radius 3 is 2.53 bits per heavy atom. The predicted molar refractivity (Wildman–Crippen MR) is 76.6 cm³/mol. The maximum atomic E-state index is 6.97. The zero-order valence-corrected chi connectivity index (χ0v) is 12.0. The maximum Gasteiger partial charge on any atom is 0.174 e. The molecule has 5 nitrogen and oxygen atoms in total. The number of ether oxygens (including phenoxy) is 1. The molecule has 0 saturated carbocycles. The Labute approximate surface area is 114 Å². The van der Waals surface area contributed by atoms with Gasteiger partial charge < -0.3 is 10.6 Å². The van der Waals surface area contributed by atoms with Gasteiger partial charge in [0, 0.05) is 6.42 Å². The van der Waals surface area contributed by atoms with Crippen LogP contribution in [-0.4, -0.2) is 12.9 Å². The Hall–Kier alpha value is -1.91. The molecule has 0 saturated heterocycles. The van der Waals surface area contributed by atoms with Gasteiger partial charge in [-0.3, -0.25) is 0 Å². The van der Waals surface area contributed by atoms with Crippen molar-refractivity contribution in [1.82, 2.24) is 0 Å². The average Bonchev–Trinajstić information content (AvgIpc) is 2.34. The maximum absolute atomic E-state index is 6.97. The number of benzene rings is 1. The molecule has 104 valence electrons. The zero-order chi connectivity index (χ0) is 14.5. The van der Waals surface area contributed by atoms with Gasteiger partial charge in [0.1, 0.15) is 5.75 Å². The summed E-state index contributed by atoms with van der Waals surface area (Å²) in [5.41, 5.74) is 9.33. The summed E-state index contributed by atoms with van der Waals surface area (Å²) in [5, 5.41) is 6.77. The van der Waals surface area contributed by atoms with Crippen LogP contribution in [0.5, 0.6) is 5.75 Å². The van der Waals surface area contributed by atoms with Crippen molar-refractivity contribution in [2.24, 2.45) is 21.5 Å². The second-order valence-electron chi connectivity index (χ2n) is 5.72. The van der Waals surface area contributed by atoms with Gasteiger partial charge in [-0.2, -0.15) is 5.10 Å². The highest BCUT2D eigenvalue weighted by Crippen LogP contribution is 2.28. The lowest BCUT2D eigenvalue weighted by Gasteiger charge is -2.20. The van der Waals surface area contributed by atoms with Crippen LogP contribution in [0.4, 0.5) is 0 Å². The third-order valence-corrected chi connectivity index (χ3v) is 2.71. The molecule has 3 N–H and O–H groups in total. The summed E-state index contributed by atoms with van der Waals surface area (Å²) in [6, 6.07) is 5.95. The minimum absolute atomic E-state index is 0.177. The highest BCUT2D eigenvalue weighted by molar-refractivity contribution is 5.84. The van der Waals surface area contributed by atoms with Crippen molar-refractivity contribution in [3.8, 4) is 5.75 Å². The fourth-order valence-corrected chi connectivity index (χ4v) is 1.95. The number of methoxy groups -OCH3 is 1. The first-order chi connectivity index (χ1) is 8.89. The van der Waals surface area contributed by atoms with E-state index in [1.807, 2.05) is 12.1 Å². The predicted octanol–water partition coefficient (Wildman–Crippen LogP) is 3.13. The molecule has 1 rings (SSSR count). The molecule has 0 aromatic heterocycles. The summed E-state index contributed by atoms with van der Waals surface area (Å²) in [7, 11) is 1.67. The minimum Gasteiger partial charge on any atom is -0.496 e. The van der Waals surface area contributed by atoms with Crippen LogP contribution in [0.3, 0.4) is 0 Å². The third-order valence-electron chi connectivity index (χ3n) is 2.71. The van der Waals surface area contributed by atoms with E-state index in [4.69, 9.17) is 16.1 Å². The van der Waals surface area contributed by atoms with E-state index < -0.39 is 0 Å². The van der Waals surface area contributed by atoms with Crippen LogP contribution in [0.15, 0.2) is 28.4 Å². The van der Waals surface area contributed by atoms with Crippen LogP contribution in [0.2, 0.25) is 0 Å². The smallest absolute Gasteiger partial charge is 0.174 e. The molecular weight excluding hydrogens is 240 g/mol. The van der Waals surface area contributed by atoms with Crippen molar-refractivity contribution in [2.75, 3.05) is 7.11 Å². The van der Waals surface area contributed by atoms with Crippen LogP contribution in [0, 0.1) is 10.9 Å². The monoisotopic (exact) mass is 262 g/mol. The molecule has 0 heterocycles. The number of hydrazone groups is 1. The van der Waals surface area contributed by atoms with Crippen LogP contribution in [0.25, 0.3) is 0 Å². The Morgan fingerprint density at radius 1 is 1.37 bits per heavy atom. The normalized spacial score (nSPS) is 12.3. The Balaban J connectivity index is 3.04. The van der Waals surface area contributed by atoms with E-state index in [0.717, 1.165) is 23.3 Å². The molecule has 0 bridgehead atoms. The first kappa shape index (κ1) is 15.1. The summed E-state index contributed by atoms with van der Waals surface area (Å²) in [6.45, 7) is 6.56. The van der Waals surface area contributed by atoms with E-state index in [-0.39, 0.29) is 5.41 Å². The Bertz CT molecular complexity index is 475. The highest BCUT2D eigenvalue weighted by atomic mass is 16.5. The minimum atomic E-state index is 0.177. The fourth-order valence-electron chi connectivity index (χ4n) is 1.95. The number of nitrogens with zero attached hydrogens (tertiary/aromatic N) is 2. The van der Waals surface area contributed by atoms with Crippen molar-refractivity contribution in [3.05, 3.63) is 29.3 Å².